The molecule has 0 aromatic rings. The Labute approximate surface area is 75.3 Å². The molecular weight excluding hydrogens is 215 g/mol. The second-order valence-corrected chi connectivity index (χ2v) is 5.05. The van der Waals surface area contributed by atoms with E-state index in [-0.39, 0.29) is 5.24 Å². The summed E-state index contributed by atoms with van der Waals surface area (Å²) in [5.74, 6) is 0. The zero-order valence-corrected chi connectivity index (χ0v) is 8.79. The van der Waals surface area contributed by atoms with Crippen molar-refractivity contribution in [1.29, 1.82) is 0 Å². The van der Waals surface area contributed by atoms with Gasteiger partial charge in [0, 0.05) is 10.2 Å². The summed E-state index contributed by atoms with van der Waals surface area (Å²) in [5, 5.41) is -0.265. The van der Waals surface area contributed by atoms with Crippen LogP contribution in [-0.4, -0.2) is 10.1 Å². The third kappa shape index (κ3) is 3.57. The van der Waals surface area contributed by atoms with Gasteiger partial charge in [-0.1, -0.05) is 36.7 Å². The number of hydrogen-bond donors (Lipinski definition) is 0. The quantitative estimate of drug-likeness (QED) is 0.535. The fraction of sp³-hybridized carbons (Fsp3) is 0.857. The lowest BCUT2D eigenvalue weighted by atomic mass is 9.90. The van der Waals surface area contributed by atoms with E-state index in [1.165, 1.54) is 0 Å². The van der Waals surface area contributed by atoms with E-state index < -0.39 is 5.41 Å². The van der Waals surface area contributed by atoms with Crippen molar-refractivity contribution in [3.63, 3.8) is 0 Å². The summed E-state index contributed by atoms with van der Waals surface area (Å²) in [5.41, 5.74) is -0.398. The van der Waals surface area contributed by atoms with Crippen LogP contribution in [0.5, 0.6) is 0 Å². The van der Waals surface area contributed by atoms with Gasteiger partial charge in [0.15, 0.2) is 0 Å². The van der Waals surface area contributed by atoms with Gasteiger partial charge in [-0.3, -0.25) is 4.79 Å². The van der Waals surface area contributed by atoms with Gasteiger partial charge in [-0.15, -0.1) is 0 Å². The third-order valence-electron chi connectivity index (χ3n) is 1.32. The first kappa shape index (κ1) is 10.4. The van der Waals surface area contributed by atoms with Crippen molar-refractivity contribution in [3.05, 3.63) is 0 Å². The first-order valence-electron chi connectivity index (χ1n) is 3.20. The smallest absolute Gasteiger partial charge is 0.227 e. The lowest BCUT2D eigenvalue weighted by Crippen LogP contribution is -2.22. The van der Waals surface area contributed by atoms with Gasteiger partial charge in [0.05, 0.1) is 0 Å². The van der Waals surface area contributed by atoms with Crippen molar-refractivity contribution in [1.82, 2.24) is 0 Å². The predicted molar refractivity (Wildman–Crippen MR) is 47.6 cm³/mol. The summed E-state index contributed by atoms with van der Waals surface area (Å²) < 4.78 is 0. The molecule has 0 bridgehead atoms. The molecule has 0 aliphatic heterocycles. The topological polar surface area (TPSA) is 17.1 Å². The first-order chi connectivity index (χ1) is 4.36. The van der Waals surface area contributed by atoms with E-state index in [0.29, 0.717) is 4.83 Å². The van der Waals surface area contributed by atoms with Crippen LogP contribution in [0, 0.1) is 5.41 Å². The van der Waals surface area contributed by atoms with Crippen LogP contribution in [0.3, 0.4) is 0 Å². The number of hydrogen-bond acceptors (Lipinski definition) is 1. The number of halogens is 2. The lowest BCUT2D eigenvalue weighted by molar-refractivity contribution is -0.119. The summed E-state index contributed by atoms with van der Waals surface area (Å²) in [4.78, 5) is 11.1. The molecule has 1 nitrogen and oxygen atoms in total. The number of carbonyl (C=O) groups excluding carboxylic acids is 1. The molecule has 1 atom stereocenters. The highest BCUT2D eigenvalue weighted by molar-refractivity contribution is 9.09. The van der Waals surface area contributed by atoms with Crippen molar-refractivity contribution in [2.24, 2.45) is 5.41 Å². The summed E-state index contributed by atoms with van der Waals surface area (Å²) in [6.45, 7) is 5.70. The van der Waals surface area contributed by atoms with Gasteiger partial charge < -0.3 is 0 Å². The lowest BCUT2D eigenvalue weighted by Gasteiger charge is -2.20. The van der Waals surface area contributed by atoms with Crippen molar-refractivity contribution in [2.75, 3.05) is 0 Å². The zero-order valence-electron chi connectivity index (χ0n) is 6.45. The van der Waals surface area contributed by atoms with Crippen LogP contribution in [0.25, 0.3) is 0 Å². The van der Waals surface area contributed by atoms with E-state index in [4.69, 9.17) is 11.6 Å². The molecule has 0 aliphatic carbocycles. The highest BCUT2D eigenvalue weighted by Gasteiger charge is 2.26. The molecule has 0 N–H and O–H groups in total. The highest BCUT2D eigenvalue weighted by atomic mass is 79.9. The molecule has 60 valence electrons. The fourth-order valence-corrected chi connectivity index (χ4v) is 1.67. The Morgan fingerprint density at radius 2 is 2.10 bits per heavy atom. The Morgan fingerprint density at radius 3 is 2.20 bits per heavy atom. The normalized spacial score (nSPS) is 14.9. The molecular formula is C7H12BrClO. The Balaban J connectivity index is 4.00. The summed E-state index contributed by atoms with van der Waals surface area (Å²) in [7, 11) is 0. The number of alkyl halides is 1. The van der Waals surface area contributed by atoms with Crippen LogP contribution in [0.15, 0.2) is 0 Å². The van der Waals surface area contributed by atoms with Gasteiger partial charge in [0.2, 0.25) is 5.24 Å². The molecule has 0 radical (unpaired) electrons. The van der Waals surface area contributed by atoms with Crippen molar-refractivity contribution in [3.8, 4) is 0 Å². The van der Waals surface area contributed by atoms with E-state index in [1.54, 1.807) is 0 Å². The molecule has 0 heterocycles. The molecule has 0 fully saturated rings. The summed E-state index contributed by atoms with van der Waals surface area (Å²) >= 11 is 8.72. The molecule has 0 saturated heterocycles. The van der Waals surface area contributed by atoms with Gasteiger partial charge in [0.1, 0.15) is 0 Å². The molecule has 0 aromatic heterocycles. The van der Waals surface area contributed by atoms with Crippen LogP contribution in [-0.2, 0) is 4.79 Å². The van der Waals surface area contributed by atoms with E-state index in [1.807, 2.05) is 20.8 Å². The second-order valence-electron chi connectivity index (χ2n) is 3.14. The van der Waals surface area contributed by atoms with Crippen LogP contribution < -0.4 is 0 Å². The maximum Gasteiger partial charge on any atom is 0.227 e. The van der Waals surface area contributed by atoms with Gasteiger partial charge in [-0.25, -0.2) is 0 Å². The minimum absolute atomic E-state index is 0.265. The molecule has 0 rings (SSSR count). The van der Waals surface area contributed by atoms with Crippen molar-refractivity contribution >= 4 is 32.8 Å². The minimum atomic E-state index is -0.398. The molecule has 1 unspecified atom stereocenters. The fourth-order valence-electron chi connectivity index (χ4n) is 0.783. The maximum atomic E-state index is 10.7. The van der Waals surface area contributed by atoms with E-state index >= 15 is 0 Å². The number of rotatable bonds is 3. The average molecular weight is 228 g/mol. The monoisotopic (exact) mass is 226 g/mol. The molecule has 0 spiro atoms. The zero-order chi connectivity index (χ0) is 8.36. The maximum absolute atomic E-state index is 10.7. The Hall–Kier alpha value is 0.440. The van der Waals surface area contributed by atoms with Gasteiger partial charge >= 0.3 is 0 Å². The molecule has 0 amide bonds. The first-order valence-corrected chi connectivity index (χ1v) is 4.49. The third-order valence-corrected chi connectivity index (χ3v) is 2.16. The van der Waals surface area contributed by atoms with Crippen LogP contribution in [0.1, 0.15) is 27.2 Å². The number of carbonyl (C=O) groups is 1. The average Bonchev–Trinajstić information content (AvgIpc) is 1.60. The molecule has 10 heavy (non-hydrogen) atoms. The van der Waals surface area contributed by atoms with Gasteiger partial charge in [-0.2, -0.15) is 0 Å². The van der Waals surface area contributed by atoms with Crippen LogP contribution in [0.2, 0.25) is 0 Å². The summed E-state index contributed by atoms with van der Waals surface area (Å²) in [6.07, 6.45) is 0.773. The molecule has 0 saturated carbocycles. The standard InChI is InChI=1S/C7H12BrClO/c1-5(8)4-7(2,3)6(9)10/h5H,4H2,1-3H3. The van der Waals surface area contributed by atoms with E-state index in [2.05, 4.69) is 15.9 Å². The Kier molecular flexibility index (Phi) is 3.89. The van der Waals surface area contributed by atoms with E-state index in [9.17, 15) is 4.79 Å². The van der Waals surface area contributed by atoms with Crippen LogP contribution in [0.4, 0.5) is 0 Å². The molecule has 0 aliphatic rings. The molecule has 3 heteroatoms. The second kappa shape index (κ2) is 3.72. The largest absolute Gasteiger partial charge is 0.281 e. The Bertz CT molecular complexity index is 132. The van der Waals surface area contributed by atoms with Crippen molar-refractivity contribution < 1.29 is 4.79 Å². The highest BCUT2D eigenvalue weighted by Crippen LogP contribution is 2.27. The van der Waals surface area contributed by atoms with Crippen molar-refractivity contribution in [2.45, 2.75) is 32.0 Å². The SMILES string of the molecule is CC(Br)CC(C)(C)C(=O)Cl. The van der Waals surface area contributed by atoms with Gasteiger partial charge in [-0.05, 0) is 18.0 Å². The predicted octanol–water partition coefficient (Wildman–Crippen LogP) is 2.95. The summed E-state index contributed by atoms with van der Waals surface area (Å²) in [6, 6.07) is 0. The minimum Gasteiger partial charge on any atom is -0.281 e. The molecule has 0 aromatic carbocycles. The van der Waals surface area contributed by atoms with Gasteiger partial charge in [0.25, 0.3) is 0 Å². The van der Waals surface area contributed by atoms with E-state index in [0.717, 1.165) is 6.42 Å². The Morgan fingerprint density at radius 1 is 1.70 bits per heavy atom. The van der Waals surface area contributed by atoms with Crippen LogP contribution >= 0.6 is 27.5 Å².